The van der Waals surface area contributed by atoms with Crippen molar-refractivity contribution < 1.29 is 0 Å². The Kier molecular flexibility index (Phi) is 8.45. The standard InChI is InChI=1S/C66H44N2/c1-4-25-46(26-5-1)65(47-27-6-2-7-28-47)52-34-14-12-32-50(52)63-56(65)38-21-43-61(63)68(58-42-20-24-45-23-10-11-31-49(45)58)62-44-22-39-57-64(62)51-33-13-15-35-53(51)66(57)54-36-16-18-40-59(54)67(48-29-8-3-9-30-48)60-41-19-17-37-55(60)66/h1-44H. The first-order valence-electron chi connectivity index (χ1n) is 23.7. The highest BCUT2D eigenvalue weighted by molar-refractivity contribution is 6.08. The Morgan fingerprint density at radius 2 is 0.676 bits per heavy atom. The van der Waals surface area contributed by atoms with E-state index in [0.29, 0.717) is 0 Å². The van der Waals surface area contributed by atoms with Crippen LogP contribution in [0.4, 0.5) is 34.1 Å². The summed E-state index contributed by atoms with van der Waals surface area (Å²) in [4.78, 5) is 5.06. The lowest BCUT2D eigenvalue weighted by Crippen LogP contribution is -2.36. The SMILES string of the molecule is c1ccc(N2c3ccccc3C3(c4ccccc4-c4c(N(c5cccc6c5-c5ccccc5C6(c5ccccc5)c5ccccc5)c5cccc6ccccc56)cccc43)c3ccccc32)cc1. The van der Waals surface area contributed by atoms with Gasteiger partial charge in [-0.05, 0) is 103 Å². The Labute approximate surface area is 397 Å². The maximum atomic E-state index is 2.61. The van der Waals surface area contributed by atoms with Gasteiger partial charge in [0.2, 0.25) is 0 Å². The van der Waals surface area contributed by atoms with E-state index in [9.17, 15) is 0 Å². The second-order valence-corrected chi connectivity index (χ2v) is 18.3. The quantitative estimate of drug-likeness (QED) is 0.164. The molecule has 11 aromatic carbocycles. The first-order valence-corrected chi connectivity index (χ1v) is 23.7. The molecule has 0 saturated heterocycles. The molecule has 0 saturated carbocycles. The van der Waals surface area contributed by atoms with Crippen LogP contribution in [0.3, 0.4) is 0 Å². The number of hydrogen-bond acceptors (Lipinski definition) is 2. The third-order valence-electron chi connectivity index (χ3n) is 15.1. The molecule has 1 spiro atoms. The van der Waals surface area contributed by atoms with Gasteiger partial charge in [0.25, 0.3) is 0 Å². The summed E-state index contributed by atoms with van der Waals surface area (Å²) in [5.74, 6) is 0. The van der Waals surface area contributed by atoms with Crippen molar-refractivity contribution in [3.63, 3.8) is 0 Å². The molecular formula is C66H44N2. The van der Waals surface area contributed by atoms with E-state index in [0.717, 1.165) is 22.7 Å². The summed E-state index contributed by atoms with van der Waals surface area (Å²) in [6.45, 7) is 0. The molecule has 3 aliphatic rings. The molecule has 2 nitrogen and oxygen atoms in total. The van der Waals surface area contributed by atoms with E-state index in [-0.39, 0.29) is 0 Å². The van der Waals surface area contributed by atoms with Gasteiger partial charge in [-0.1, -0.05) is 224 Å². The summed E-state index contributed by atoms with van der Waals surface area (Å²) >= 11 is 0. The van der Waals surface area contributed by atoms with Crippen molar-refractivity contribution in [3.05, 3.63) is 311 Å². The maximum absolute atomic E-state index is 2.61. The van der Waals surface area contributed by atoms with Crippen molar-refractivity contribution >= 4 is 44.9 Å². The molecule has 11 aromatic rings. The van der Waals surface area contributed by atoms with Crippen LogP contribution in [-0.2, 0) is 10.8 Å². The summed E-state index contributed by atoms with van der Waals surface area (Å²) in [6, 6.07) is 99.4. The number of hydrogen-bond donors (Lipinski definition) is 0. The van der Waals surface area contributed by atoms with E-state index in [1.54, 1.807) is 0 Å². The molecule has 0 atom stereocenters. The van der Waals surface area contributed by atoms with E-state index in [1.165, 1.54) is 88.9 Å². The lowest BCUT2D eigenvalue weighted by atomic mass is 9.64. The normalized spacial score (nSPS) is 14.1. The molecule has 0 N–H and O–H groups in total. The molecule has 318 valence electrons. The summed E-state index contributed by atoms with van der Waals surface area (Å²) in [6.07, 6.45) is 0. The second-order valence-electron chi connectivity index (χ2n) is 18.3. The fourth-order valence-electron chi connectivity index (χ4n) is 12.6. The topological polar surface area (TPSA) is 6.48 Å². The average Bonchev–Trinajstić information content (AvgIpc) is 3.89. The predicted molar refractivity (Wildman–Crippen MR) is 281 cm³/mol. The second kappa shape index (κ2) is 14.9. The van der Waals surface area contributed by atoms with Gasteiger partial charge in [-0.15, -0.1) is 0 Å². The van der Waals surface area contributed by atoms with Crippen LogP contribution in [0.5, 0.6) is 0 Å². The first-order chi connectivity index (χ1) is 33.8. The minimum Gasteiger partial charge on any atom is -0.310 e. The van der Waals surface area contributed by atoms with Crippen LogP contribution >= 0.6 is 0 Å². The van der Waals surface area contributed by atoms with Crippen molar-refractivity contribution in [2.24, 2.45) is 0 Å². The third kappa shape index (κ3) is 5.12. The number of fused-ring (bicyclic) bond motifs is 13. The molecule has 2 aliphatic carbocycles. The molecule has 1 aliphatic heterocycles. The van der Waals surface area contributed by atoms with Gasteiger partial charge in [0, 0.05) is 22.2 Å². The zero-order valence-corrected chi connectivity index (χ0v) is 37.3. The zero-order valence-electron chi connectivity index (χ0n) is 37.3. The van der Waals surface area contributed by atoms with Gasteiger partial charge >= 0.3 is 0 Å². The minimum atomic E-state index is -0.605. The van der Waals surface area contributed by atoms with Gasteiger partial charge in [0.1, 0.15) is 0 Å². The minimum absolute atomic E-state index is 0.551. The van der Waals surface area contributed by atoms with Crippen molar-refractivity contribution in [3.8, 4) is 22.3 Å². The van der Waals surface area contributed by atoms with E-state index in [4.69, 9.17) is 0 Å². The van der Waals surface area contributed by atoms with Crippen molar-refractivity contribution in [2.45, 2.75) is 10.8 Å². The molecule has 0 radical (unpaired) electrons. The number of anilines is 6. The van der Waals surface area contributed by atoms with Gasteiger partial charge in [-0.2, -0.15) is 0 Å². The number of rotatable bonds is 6. The molecule has 68 heavy (non-hydrogen) atoms. The van der Waals surface area contributed by atoms with E-state index < -0.39 is 10.8 Å². The first kappa shape index (κ1) is 38.5. The summed E-state index contributed by atoms with van der Waals surface area (Å²) in [5, 5.41) is 2.40. The van der Waals surface area contributed by atoms with Gasteiger partial charge in [-0.25, -0.2) is 0 Å². The Bertz CT molecular complexity index is 3670. The highest BCUT2D eigenvalue weighted by Crippen LogP contribution is 2.66. The Morgan fingerprint density at radius 3 is 1.26 bits per heavy atom. The lowest BCUT2D eigenvalue weighted by Gasteiger charge is -2.45. The smallest absolute Gasteiger partial charge is 0.0755 e. The molecule has 2 heteroatoms. The monoisotopic (exact) mass is 864 g/mol. The molecule has 0 aromatic heterocycles. The van der Waals surface area contributed by atoms with Gasteiger partial charge < -0.3 is 9.80 Å². The fourth-order valence-corrected chi connectivity index (χ4v) is 12.6. The fraction of sp³-hybridized carbons (Fsp3) is 0.0303. The van der Waals surface area contributed by atoms with Gasteiger partial charge in [0.15, 0.2) is 0 Å². The van der Waals surface area contributed by atoms with E-state index in [2.05, 4.69) is 277 Å². The highest BCUT2D eigenvalue weighted by atomic mass is 15.2. The molecule has 1 heterocycles. The Morgan fingerprint density at radius 1 is 0.279 bits per heavy atom. The number of benzene rings is 11. The summed E-state index contributed by atoms with van der Waals surface area (Å²) < 4.78 is 0. The third-order valence-corrected chi connectivity index (χ3v) is 15.1. The van der Waals surface area contributed by atoms with Crippen molar-refractivity contribution in [1.29, 1.82) is 0 Å². The van der Waals surface area contributed by atoms with Crippen LogP contribution in [0.2, 0.25) is 0 Å². The van der Waals surface area contributed by atoms with Crippen molar-refractivity contribution in [2.75, 3.05) is 9.80 Å². The molecule has 0 fully saturated rings. The molecule has 0 bridgehead atoms. The summed E-state index contributed by atoms with van der Waals surface area (Å²) in [7, 11) is 0. The van der Waals surface area contributed by atoms with E-state index in [1.807, 2.05) is 0 Å². The highest BCUT2D eigenvalue weighted by Gasteiger charge is 2.53. The molecule has 0 amide bonds. The van der Waals surface area contributed by atoms with Crippen LogP contribution in [-0.4, -0.2) is 0 Å². The average molecular weight is 865 g/mol. The zero-order chi connectivity index (χ0) is 44.8. The molecule has 0 unspecified atom stereocenters. The Balaban J connectivity index is 1.11. The van der Waals surface area contributed by atoms with Crippen LogP contribution in [0, 0.1) is 0 Å². The van der Waals surface area contributed by atoms with Crippen LogP contribution in [0.15, 0.2) is 267 Å². The largest absolute Gasteiger partial charge is 0.310 e. The van der Waals surface area contributed by atoms with Crippen LogP contribution in [0.25, 0.3) is 33.0 Å². The van der Waals surface area contributed by atoms with Gasteiger partial charge in [0.05, 0.1) is 39.3 Å². The van der Waals surface area contributed by atoms with E-state index >= 15 is 0 Å². The van der Waals surface area contributed by atoms with Crippen LogP contribution in [0.1, 0.15) is 44.5 Å². The van der Waals surface area contributed by atoms with Crippen LogP contribution < -0.4 is 9.80 Å². The number of para-hydroxylation sites is 3. The Hall–Kier alpha value is -8.72. The molecule has 14 rings (SSSR count). The summed E-state index contributed by atoms with van der Waals surface area (Å²) in [5.41, 5.74) is 21.0. The number of nitrogens with zero attached hydrogens (tertiary/aromatic N) is 2. The van der Waals surface area contributed by atoms with Gasteiger partial charge in [-0.3, -0.25) is 0 Å². The maximum Gasteiger partial charge on any atom is 0.0755 e. The molecular weight excluding hydrogens is 821 g/mol. The van der Waals surface area contributed by atoms with Crippen molar-refractivity contribution in [1.82, 2.24) is 0 Å². The predicted octanol–water partition coefficient (Wildman–Crippen LogP) is 16.8. The lowest BCUT2D eigenvalue weighted by molar-refractivity contribution is 0.752.